The highest BCUT2D eigenvalue weighted by molar-refractivity contribution is 6.10. The highest BCUT2D eigenvalue weighted by Crippen LogP contribution is 2.39. The van der Waals surface area contributed by atoms with Crippen LogP contribution < -0.4 is 0 Å². The summed E-state index contributed by atoms with van der Waals surface area (Å²) in [5, 5.41) is -0.0277. The zero-order valence-corrected chi connectivity index (χ0v) is 32.6. The Hall–Kier alpha value is -8.21. The second-order valence-electron chi connectivity index (χ2n) is 14.7. The molecule has 286 valence electrons. The summed E-state index contributed by atoms with van der Waals surface area (Å²) in [6, 6.07) is 56.1. The Balaban J connectivity index is 1.19. The van der Waals surface area contributed by atoms with Crippen molar-refractivity contribution in [2.24, 2.45) is 0 Å². The monoisotopic (exact) mass is 786 g/mol. The highest BCUT2D eigenvalue weighted by Gasteiger charge is 2.19. The summed E-state index contributed by atoms with van der Waals surface area (Å²) in [6.45, 7) is 0. The van der Waals surface area contributed by atoms with Crippen LogP contribution in [0.25, 0.3) is 106 Å². The average molecular weight is 787 g/mol. The first-order valence-corrected chi connectivity index (χ1v) is 19.9. The molecule has 0 atom stereocenters. The fraction of sp³-hybridized carbons (Fsp3) is 0. The Labute approximate surface area is 366 Å². The molecule has 0 fully saturated rings. The minimum Gasteiger partial charge on any atom is -0.309 e. The van der Waals surface area contributed by atoms with E-state index >= 15 is 0 Å². The Kier molecular flexibility index (Phi) is 7.19. The molecule has 0 unspecified atom stereocenters. The SMILES string of the molecule is [2H]c1c([2H])c([2H])c2c(c1[2H])c1c([2H])c([2H])c([2H])c([2H])c1n2-c1cc(-c2nc(-c3ccc(-c4ccccc4)cc3)nc(-c3ccc(-c4ccccc4)cc3)n2)ccc1-c1cccc(-c2ccccc2)c1. The van der Waals surface area contributed by atoms with Crippen molar-refractivity contribution < 1.29 is 11.0 Å². The van der Waals surface area contributed by atoms with Gasteiger partial charge in [-0.05, 0) is 63.2 Å². The Morgan fingerprint density at radius 3 is 1.20 bits per heavy atom. The van der Waals surface area contributed by atoms with Crippen LogP contribution >= 0.6 is 0 Å². The molecule has 0 aliphatic carbocycles. The first-order valence-electron chi connectivity index (χ1n) is 23.9. The number of nitrogens with zero attached hydrogens (tertiary/aromatic N) is 4. The number of aromatic nitrogens is 4. The molecule has 0 saturated heterocycles. The molecule has 11 rings (SSSR count). The predicted molar refractivity (Wildman–Crippen MR) is 252 cm³/mol. The summed E-state index contributed by atoms with van der Waals surface area (Å²) in [5.41, 5.74) is 9.93. The van der Waals surface area contributed by atoms with E-state index in [9.17, 15) is 2.74 Å². The van der Waals surface area contributed by atoms with Gasteiger partial charge < -0.3 is 4.57 Å². The minimum absolute atomic E-state index is 0.00894. The number of benzene rings is 9. The quantitative estimate of drug-likeness (QED) is 0.154. The Morgan fingerprint density at radius 1 is 0.311 bits per heavy atom. The predicted octanol–water partition coefficient (Wildman–Crippen LogP) is 14.6. The molecule has 2 heterocycles. The topological polar surface area (TPSA) is 43.6 Å². The molecule has 4 heteroatoms. The summed E-state index contributed by atoms with van der Waals surface area (Å²) in [6.07, 6.45) is 0. The van der Waals surface area contributed by atoms with Crippen LogP contribution in [0.5, 0.6) is 0 Å². The van der Waals surface area contributed by atoms with Crippen molar-refractivity contribution in [1.29, 1.82) is 0 Å². The molecule has 0 N–H and O–H groups in total. The normalized spacial score (nSPS) is 13.1. The van der Waals surface area contributed by atoms with Gasteiger partial charge in [0.2, 0.25) is 0 Å². The lowest BCUT2D eigenvalue weighted by Crippen LogP contribution is -2.02. The third-order valence-electron chi connectivity index (χ3n) is 10.9. The number of hydrogen-bond acceptors (Lipinski definition) is 3. The lowest BCUT2D eigenvalue weighted by Gasteiger charge is -2.17. The molecule has 0 bridgehead atoms. The van der Waals surface area contributed by atoms with E-state index in [0.29, 0.717) is 34.3 Å². The molecule has 61 heavy (non-hydrogen) atoms. The molecule has 11 aromatic rings. The van der Waals surface area contributed by atoms with E-state index in [2.05, 4.69) is 24.3 Å². The van der Waals surface area contributed by atoms with E-state index in [1.807, 2.05) is 158 Å². The largest absolute Gasteiger partial charge is 0.309 e. The fourth-order valence-corrected chi connectivity index (χ4v) is 7.91. The lowest BCUT2D eigenvalue weighted by molar-refractivity contribution is 1.07. The zero-order valence-electron chi connectivity index (χ0n) is 40.6. The third-order valence-corrected chi connectivity index (χ3v) is 10.9. The number of rotatable bonds is 8. The van der Waals surface area contributed by atoms with E-state index in [-0.39, 0.29) is 21.8 Å². The maximum atomic E-state index is 9.36. The van der Waals surface area contributed by atoms with Crippen LogP contribution in [0.1, 0.15) is 11.0 Å². The van der Waals surface area contributed by atoms with Gasteiger partial charge in [0.05, 0.1) is 27.7 Å². The standard InChI is InChI=1S/C57H38N4/c1-4-15-39(16-5-1)42-27-31-44(32-28-42)55-58-56(45-33-29-43(30-34-45)40-17-6-2-7-18-40)60-57(59-55)48-35-36-49(47-22-14-21-46(37-47)41-19-8-3-9-20-41)54(38-48)61-52-25-12-10-23-50(52)51-24-11-13-26-53(51)61/h1-38H/i10D,11D,12D,13D,23D,24D,25D,26D. The van der Waals surface area contributed by atoms with Gasteiger partial charge in [-0.3, -0.25) is 0 Å². The molecule has 0 spiro atoms. The second-order valence-corrected chi connectivity index (χ2v) is 14.7. The van der Waals surface area contributed by atoms with Gasteiger partial charge in [-0.2, -0.15) is 0 Å². The van der Waals surface area contributed by atoms with E-state index in [1.165, 1.54) is 0 Å². The van der Waals surface area contributed by atoms with Crippen LogP contribution in [-0.2, 0) is 0 Å². The summed E-state index contributed by atoms with van der Waals surface area (Å²) < 4.78 is 73.6. The van der Waals surface area contributed by atoms with Gasteiger partial charge in [0, 0.05) is 33.0 Å². The van der Waals surface area contributed by atoms with Crippen LogP contribution in [0.4, 0.5) is 0 Å². The fourth-order valence-electron chi connectivity index (χ4n) is 7.91. The van der Waals surface area contributed by atoms with Gasteiger partial charge in [-0.15, -0.1) is 0 Å². The zero-order chi connectivity index (χ0) is 47.5. The van der Waals surface area contributed by atoms with Crippen LogP contribution in [0.2, 0.25) is 0 Å². The molecule has 2 aromatic heterocycles. The maximum Gasteiger partial charge on any atom is 0.164 e. The molecule has 0 aliphatic rings. The summed E-state index contributed by atoms with van der Waals surface area (Å²) in [4.78, 5) is 15.3. The Bertz CT molecular complexity index is 3610. The molecule has 0 aliphatic heterocycles. The molecular formula is C57H38N4. The first-order chi connectivity index (χ1) is 33.5. The van der Waals surface area contributed by atoms with Crippen molar-refractivity contribution in [3.8, 4) is 84.4 Å². The molecule has 4 nitrogen and oxygen atoms in total. The molecule has 9 aromatic carbocycles. The Morgan fingerprint density at radius 2 is 0.689 bits per heavy atom. The number of para-hydroxylation sites is 2. The van der Waals surface area contributed by atoms with Crippen molar-refractivity contribution >= 4 is 21.8 Å². The lowest BCUT2D eigenvalue weighted by atomic mass is 9.96. The van der Waals surface area contributed by atoms with Gasteiger partial charge in [0.25, 0.3) is 0 Å². The van der Waals surface area contributed by atoms with Crippen LogP contribution in [0.15, 0.2) is 230 Å². The van der Waals surface area contributed by atoms with Gasteiger partial charge in [0.15, 0.2) is 17.5 Å². The van der Waals surface area contributed by atoms with Crippen LogP contribution in [0, 0.1) is 0 Å². The van der Waals surface area contributed by atoms with Crippen molar-refractivity contribution in [3.05, 3.63) is 230 Å². The highest BCUT2D eigenvalue weighted by atomic mass is 15.0. The van der Waals surface area contributed by atoms with Crippen LogP contribution in [-0.4, -0.2) is 19.5 Å². The summed E-state index contributed by atoms with van der Waals surface area (Å²) in [5.74, 6) is 1.15. The van der Waals surface area contributed by atoms with Crippen molar-refractivity contribution in [3.63, 3.8) is 0 Å². The third kappa shape index (κ3) is 6.86. The number of fused-ring (bicyclic) bond motifs is 3. The number of hydrogen-bond donors (Lipinski definition) is 0. The van der Waals surface area contributed by atoms with E-state index < -0.39 is 48.3 Å². The minimum atomic E-state index is -0.512. The smallest absolute Gasteiger partial charge is 0.164 e. The second kappa shape index (κ2) is 15.5. The average Bonchev–Trinajstić information content (AvgIpc) is 3.78. The van der Waals surface area contributed by atoms with Gasteiger partial charge >= 0.3 is 0 Å². The maximum absolute atomic E-state index is 9.36. The van der Waals surface area contributed by atoms with Gasteiger partial charge in [0.1, 0.15) is 0 Å². The molecule has 0 radical (unpaired) electrons. The molecule has 0 saturated carbocycles. The van der Waals surface area contributed by atoms with Gasteiger partial charge in [-0.1, -0.05) is 206 Å². The first kappa shape index (κ1) is 28.3. The van der Waals surface area contributed by atoms with Crippen molar-refractivity contribution in [1.82, 2.24) is 19.5 Å². The van der Waals surface area contributed by atoms with E-state index in [4.69, 9.17) is 23.2 Å². The summed E-state index contributed by atoms with van der Waals surface area (Å²) >= 11 is 0. The van der Waals surface area contributed by atoms with Crippen LogP contribution in [0.3, 0.4) is 0 Å². The molecule has 0 amide bonds. The van der Waals surface area contributed by atoms with Crippen molar-refractivity contribution in [2.45, 2.75) is 0 Å². The van der Waals surface area contributed by atoms with Crippen molar-refractivity contribution in [2.75, 3.05) is 0 Å². The van der Waals surface area contributed by atoms with Gasteiger partial charge in [-0.25, -0.2) is 15.0 Å². The van der Waals surface area contributed by atoms with E-state index in [1.54, 1.807) is 4.57 Å². The molecular weight excluding hydrogens is 741 g/mol. The summed E-state index contributed by atoms with van der Waals surface area (Å²) in [7, 11) is 0. The van der Waals surface area contributed by atoms with E-state index in [0.717, 1.165) is 50.1 Å².